The molecule has 0 saturated carbocycles. The van der Waals surface area contributed by atoms with Crippen LogP contribution in [0.2, 0.25) is 0 Å². The van der Waals surface area contributed by atoms with Crippen molar-refractivity contribution in [2.24, 2.45) is 5.92 Å². The van der Waals surface area contributed by atoms with Gasteiger partial charge in [-0.05, 0) is 24.6 Å². The number of benzene rings is 1. The summed E-state index contributed by atoms with van der Waals surface area (Å²) in [7, 11) is -3.24. The summed E-state index contributed by atoms with van der Waals surface area (Å²) in [4.78, 5) is 16.5. The monoisotopic (exact) mass is 326 g/mol. The zero-order valence-electron chi connectivity index (χ0n) is 12.2. The Morgan fingerprint density at radius 3 is 2.76 bits per heavy atom. The molecule has 1 aromatic carbocycles. The summed E-state index contributed by atoms with van der Waals surface area (Å²) < 4.78 is 23.8. The molecule has 5 nitrogen and oxygen atoms in total. The normalized spacial score (nSPS) is 13.3. The number of thiazole rings is 1. The highest BCUT2D eigenvalue weighted by atomic mass is 32.2. The van der Waals surface area contributed by atoms with E-state index in [9.17, 15) is 13.2 Å². The zero-order valence-corrected chi connectivity index (χ0v) is 13.8. The second kappa shape index (κ2) is 6.11. The molecule has 21 heavy (non-hydrogen) atoms. The van der Waals surface area contributed by atoms with Gasteiger partial charge in [0.25, 0.3) is 0 Å². The standard InChI is InChI=1S/C14H18N2O3S2/c1-4-5-9(2)13(17)16-14-15-11-7-6-10(21(3,18)19)8-12(11)20-14/h6-9H,4-5H2,1-3H3,(H,15,16,17)/t9-/m0/s1. The summed E-state index contributed by atoms with van der Waals surface area (Å²) in [6.45, 7) is 3.92. The second-order valence-corrected chi connectivity index (χ2v) is 8.15. The molecular weight excluding hydrogens is 308 g/mol. The van der Waals surface area contributed by atoms with Crippen LogP contribution in [0.3, 0.4) is 0 Å². The maximum Gasteiger partial charge on any atom is 0.228 e. The molecule has 2 rings (SSSR count). The van der Waals surface area contributed by atoms with Crippen LogP contribution in [-0.2, 0) is 14.6 Å². The van der Waals surface area contributed by atoms with Crippen LogP contribution in [0.1, 0.15) is 26.7 Å². The third kappa shape index (κ3) is 3.79. The van der Waals surface area contributed by atoms with Gasteiger partial charge >= 0.3 is 0 Å². The molecule has 1 N–H and O–H groups in total. The Kier molecular flexibility index (Phi) is 4.63. The molecule has 0 aliphatic heterocycles. The molecule has 0 unspecified atom stereocenters. The minimum Gasteiger partial charge on any atom is -0.302 e. The minimum atomic E-state index is -3.24. The third-order valence-electron chi connectivity index (χ3n) is 3.19. The Hall–Kier alpha value is -1.47. The second-order valence-electron chi connectivity index (χ2n) is 5.10. The minimum absolute atomic E-state index is 0.0563. The van der Waals surface area contributed by atoms with E-state index >= 15 is 0 Å². The first-order chi connectivity index (χ1) is 9.81. The smallest absolute Gasteiger partial charge is 0.228 e. The van der Waals surface area contributed by atoms with Gasteiger partial charge in [0.15, 0.2) is 15.0 Å². The van der Waals surface area contributed by atoms with Crippen LogP contribution in [0, 0.1) is 5.92 Å². The van der Waals surface area contributed by atoms with Crippen LogP contribution in [0.4, 0.5) is 5.13 Å². The van der Waals surface area contributed by atoms with Crippen molar-refractivity contribution < 1.29 is 13.2 Å². The van der Waals surface area contributed by atoms with Gasteiger partial charge in [0.2, 0.25) is 5.91 Å². The molecule has 0 saturated heterocycles. The Bertz CT molecular complexity index is 766. The van der Waals surface area contributed by atoms with E-state index in [0.29, 0.717) is 10.6 Å². The number of hydrogen-bond donors (Lipinski definition) is 1. The van der Waals surface area contributed by atoms with Crippen LogP contribution in [0.15, 0.2) is 23.1 Å². The highest BCUT2D eigenvalue weighted by Crippen LogP contribution is 2.28. The van der Waals surface area contributed by atoms with Crippen molar-refractivity contribution >= 4 is 42.4 Å². The Morgan fingerprint density at radius 1 is 1.43 bits per heavy atom. The largest absolute Gasteiger partial charge is 0.302 e. The molecule has 0 fully saturated rings. The quantitative estimate of drug-likeness (QED) is 0.916. The molecule has 1 atom stereocenters. The van der Waals surface area contributed by atoms with Gasteiger partial charge in [0.1, 0.15) is 0 Å². The lowest BCUT2D eigenvalue weighted by Crippen LogP contribution is -2.19. The number of amides is 1. The summed E-state index contributed by atoms with van der Waals surface area (Å²) in [6, 6.07) is 4.78. The summed E-state index contributed by atoms with van der Waals surface area (Å²) >= 11 is 1.28. The van der Waals surface area contributed by atoms with Gasteiger partial charge in [-0.2, -0.15) is 0 Å². The van der Waals surface area contributed by atoms with Crippen LogP contribution >= 0.6 is 11.3 Å². The lowest BCUT2D eigenvalue weighted by atomic mass is 10.1. The van der Waals surface area contributed by atoms with E-state index in [1.165, 1.54) is 23.7 Å². The molecule has 2 aromatic rings. The van der Waals surface area contributed by atoms with Crippen molar-refractivity contribution in [3.8, 4) is 0 Å². The first kappa shape index (κ1) is 15.9. The first-order valence-electron chi connectivity index (χ1n) is 6.72. The van der Waals surface area contributed by atoms with Crippen LogP contribution in [0.25, 0.3) is 10.2 Å². The average molecular weight is 326 g/mol. The van der Waals surface area contributed by atoms with Crippen molar-refractivity contribution in [3.63, 3.8) is 0 Å². The van der Waals surface area contributed by atoms with Crippen molar-refractivity contribution in [1.82, 2.24) is 4.98 Å². The molecule has 0 bridgehead atoms. The van der Waals surface area contributed by atoms with Crippen LogP contribution in [0.5, 0.6) is 0 Å². The molecule has 7 heteroatoms. The van der Waals surface area contributed by atoms with Crippen molar-refractivity contribution in [2.45, 2.75) is 31.6 Å². The number of aromatic nitrogens is 1. The number of anilines is 1. The maximum absolute atomic E-state index is 12.0. The maximum atomic E-state index is 12.0. The fourth-order valence-corrected chi connectivity index (χ4v) is 3.61. The Labute approximate surface area is 128 Å². The zero-order chi connectivity index (χ0) is 15.6. The lowest BCUT2D eigenvalue weighted by Gasteiger charge is -2.08. The Morgan fingerprint density at radius 2 is 2.14 bits per heavy atom. The summed E-state index contributed by atoms with van der Waals surface area (Å²) in [5.74, 6) is -0.118. The molecule has 114 valence electrons. The van der Waals surface area contributed by atoms with E-state index in [1.807, 2.05) is 13.8 Å². The highest BCUT2D eigenvalue weighted by Gasteiger charge is 2.15. The van der Waals surface area contributed by atoms with Gasteiger partial charge in [-0.25, -0.2) is 13.4 Å². The van der Waals surface area contributed by atoms with E-state index < -0.39 is 9.84 Å². The van der Waals surface area contributed by atoms with Gasteiger partial charge in [0.05, 0.1) is 15.1 Å². The fraction of sp³-hybridized carbons (Fsp3) is 0.429. The molecule has 1 amide bonds. The predicted molar refractivity (Wildman–Crippen MR) is 85.4 cm³/mol. The van der Waals surface area contributed by atoms with E-state index in [-0.39, 0.29) is 16.7 Å². The number of nitrogens with zero attached hydrogens (tertiary/aromatic N) is 1. The van der Waals surface area contributed by atoms with Crippen LogP contribution < -0.4 is 5.32 Å². The number of fused-ring (bicyclic) bond motifs is 1. The van der Waals surface area contributed by atoms with Crippen molar-refractivity contribution in [2.75, 3.05) is 11.6 Å². The molecule has 0 aliphatic carbocycles. The number of carbonyl (C=O) groups is 1. The first-order valence-corrected chi connectivity index (χ1v) is 9.43. The lowest BCUT2D eigenvalue weighted by molar-refractivity contribution is -0.119. The Balaban J connectivity index is 2.25. The molecule has 0 radical (unpaired) electrons. The number of carbonyl (C=O) groups excluding carboxylic acids is 1. The highest BCUT2D eigenvalue weighted by molar-refractivity contribution is 7.90. The molecule has 1 heterocycles. The fourth-order valence-electron chi connectivity index (χ4n) is 1.98. The number of hydrogen-bond acceptors (Lipinski definition) is 5. The molecule has 1 aromatic heterocycles. The predicted octanol–water partition coefficient (Wildman–Crippen LogP) is 3.07. The number of rotatable bonds is 5. The number of nitrogens with one attached hydrogen (secondary N) is 1. The van der Waals surface area contributed by atoms with Gasteiger partial charge in [0, 0.05) is 12.2 Å². The summed E-state index contributed by atoms with van der Waals surface area (Å²) in [6.07, 6.45) is 2.95. The van der Waals surface area contributed by atoms with Gasteiger partial charge in [-0.15, -0.1) is 0 Å². The van der Waals surface area contributed by atoms with E-state index in [4.69, 9.17) is 0 Å². The molecule has 0 spiro atoms. The van der Waals surface area contributed by atoms with Gasteiger partial charge < -0.3 is 5.32 Å². The topological polar surface area (TPSA) is 76.1 Å². The third-order valence-corrected chi connectivity index (χ3v) is 5.23. The van der Waals surface area contributed by atoms with Gasteiger partial charge in [-0.3, -0.25) is 4.79 Å². The SMILES string of the molecule is CCC[C@H](C)C(=O)Nc1nc2ccc(S(C)(=O)=O)cc2s1. The van der Waals surface area contributed by atoms with Crippen LogP contribution in [-0.4, -0.2) is 25.6 Å². The molecular formula is C14H18N2O3S2. The molecule has 0 aliphatic rings. The van der Waals surface area contributed by atoms with E-state index in [0.717, 1.165) is 17.5 Å². The van der Waals surface area contributed by atoms with Gasteiger partial charge in [-0.1, -0.05) is 31.6 Å². The van der Waals surface area contributed by atoms with Crippen molar-refractivity contribution in [3.05, 3.63) is 18.2 Å². The summed E-state index contributed by atoms with van der Waals surface area (Å²) in [5.41, 5.74) is 0.686. The number of sulfone groups is 1. The van der Waals surface area contributed by atoms with E-state index in [2.05, 4.69) is 10.3 Å². The van der Waals surface area contributed by atoms with Crippen molar-refractivity contribution in [1.29, 1.82) is 0 Å². The average Bonchev–Trinajstić information content (AvgIpc) is 2.78. The van der Waals surface area contributed by atoms with E-state index in [1.54, 1.807) is 12.1 Å². The summed E-state index contributed by atoms with van der Waals surface area (Å²) in [5, 5.41) is 3.30.